The third kappa shape index (κ3) is 3.78. The Bertz CT molecular complexity index is 616. The second-order valence-electron chi connectivity index (χ2n) is 3.80. The predicted octanol–water partition coefficient (Wildman–Crippen LogP) is 4.59. The zero-order chi connectivity index (χ0) is 13.8. The summed E-state index contributed by atoms with van der Waals surface area (Å²) in [5.41, 5.74) is 0.161. The molecular weight excluding hydrogens is 290 g/mol. The van der Waals surface area contributed by atoms with Gasteiger partial charge in [0.25, 0.3) is 0 Å². The number of Topliss-reactive ketones (excluding diaryl/α,β-unsaturated/α-hetero) is 1. The lowest BCUT2D eigenvalue weighted by atomic mass is 10.1. The number of hydrogen-bond donors (Lipinski definition) is 0. The Hall–Kier alpha value is -1.39. The second-order valence-corrected chi connectivity index (χ2v) is 5.28. The quantitative estimate of drug-likeness (QED) is 0.606. The first-order valence-electron chi connectivity index (χ1n) is 5.43. The molecule has 0 N–H and O–H groups in total. The van der Waals surface area contributed by atoms with Crippen LogP contribution in [0.1, 0.15) is 10.4 Å². The van der Waals surface area contributed by atoms with Crippen LogP contribution in [-0.4, -0.2) is 11.5 Å². The molecule has 0 heterocycles. The van der Waals surface area contributed by atoms with Crippen LogP contribution in [-0.2, 0) is 0 Å². The van der Waals surface area contributed by atoms with Gasteiger partial charge >= 0.3 is 0 Å². The number of carbonyl (C=O) groups is 1. The molecule has 0 saturated heterocycles. The van der Waals surface area contributed by atoms with Crippen molar-refractivity contribution in [3.8, 4) is 0 Å². The molecule has 0 fully saturated rings. The van der Waals surface area contributed by atoms with Crippen molar-refractivity contribution in [2.75, 3.05) is 5.75 Å². The Kier molecular flexibility index (Phi) is 4.56. The molecule has 19 heavy (non-hydrogen) atoms. The number of thioether (sulfide) groups is 1. The van der Waals surface area contributed by atoms with Gasteiger partial charge in [-0.3, -0.25) is 4.79 Å². The van der Waals surface area contributed by atoms with Crippen molar-refractivity contribution in [3.63, 3.8) is 0 Å². The summed E-state index contributed by atoms with van der Waals surface area (Å²) in [6, 6.07) is 10.2. The third-order valence-electron chi connectivity index (χ3n) is 2.41. The van der Waals surface area contributed by atoms with Gasteiger partial charge in [0.2, 0.25) is 0 Å². The summed E-state index contributed by atoms with van der Waals surface area (Å²) >= 11 is 7.12. The maximum atomic E-state index is 13.0. The fraction of sp³-hybridized carbons (Fsp3) is 0.0714. The van der Waals surface area contributed by atoms with Crippen molar-refractivity contribution >= 4 is 29.1 Å². The Morgan fingerprint density at radius 2 is 1.89 bits per heavy atom. The largest absolute Gasteiger partial charge is 0.293 e. The number of ketones is 1. The maximum absolute atomic E-state index is 13.0. The minimum atomic E-state index is -1.02. The molecule has 98 valence electrons. The SMILES string of the molecule is O=C(CSc1cccc(Cl)c1)c1ccc(F)c(F)c1. The van der Waals surface area contributed by atoms with E-state index in [0.717, 1.165) is 17.0 Å². The molecule has 2 aromatic carbocycles. The molecule has 5 heteroatoms. The number of carbonyl (C=O) groups excluding carboxylic acids is 1. The summed E-state index contributed by atoms with van der Waals surface area (Å²) in [5, 5.41) is 0.588. The van der Waals surface area contributed by atoms with Crippen molar-refractivity contribution in [2.24, 2.45) is 0 Å². The van der Waals surface area contributed by atoms with Gasteiger partial charge in [-0.05, 0) is 36.4 Å². The molecule has 0 amide bonds. The first kappa shape index (κ1) is 14.0. The van der Waals surface area contributed by atoms with Crippen LogP contribution in [0.5, 0.6) is 0 Å². The van der Waals surface area contributed by atoms with Gasteiger partial charge in [-0.1, -0.05) is 17.7 Å². The van der Waals surface area contributed by atoms with E-state index in [2.05, 4.69) is 0 Å². The molecule has 0 radical (unpaired) electrons. The summed E-state index contributed by atoms with van der Waals surface area (Å²) in [6.45, 7) is 0. The number of benzene rings is 2. The molecule has 2 rings (SSSR count). The molecule has 1 nitrogen and oxygen atoms in total. The minimum absolute atomic E-state index is 0.144. The van der Waals surface area contributed by atoms with Crippen LogP contribution in [0.2, 0.25) is 5.02 Å². The van der Waals surface area contributed by atoms with E-state index in [4.69, 9.17) is 11.6 Å². The molecule has 0 aliphatic rings. The maximum Gasteiger partial charge on any atom is 0.173 e. The van der Waals surface area contributed by atoms with Crippen LogP contribution in [0.4, 0.5) is 8.78 Å². The third-order valence-corrected chi connectivity index (χ3v) is 3.64. The fourth-order valence-corrected chi connectivity index (χ4v) is 2.56. The van der Waals surface area contributed by atoms with Gasteiger partial charge in [0, 0.05) is 15.5 Å². The van der Waals surface area contributed by atoms with Crippen molar-refractivity contribution in [1.82, 2.24) is 0 Å². The summed E-state index contributed by atoms with van der Waals surface area (Å²) in [6.07, 6.45) is 0. The highest BCUT2D eigenvalue weighted by atomic mass is 35.5. The normalized spacial score (nSPS) is 10.5. The molecule has 0 aliphatic carbocycles. The highest BCUT2D eigenvalue weighted by Gasteiger charge is 2.10. The van der Waals surface area contributed by atoms with E-state index in [-0.39, 0.29) is 17.1 Å². The van der Waals surface area contributed by atoms with E-state index in [9.17, 15) is 13.6 Å². The van der Waals surface area contributed by atoms with Gasteiger partial charge in [-0.2, -0.15) is 0 Å². The van der Waals surface area contributed by atoms with Crippen LogP contribution in [0, 0.1) is 11.6 Å². The molecular formula is C14H9ClF2OS. The molecule has 0 aromatic heterocycles. The van der Waals surface area contributed by atoms with Crippen molar-refractivity contribution in [2.45, 2.75) is 4.90 Å². The predicted molar refractivity (Wildman–Crippen MR) is 72.9 cm³/mol. The Balaban J connectivity index is 2.03. The zero-order valence-corrected chi connectivity index (χ0v) is 11.3. The van der Waals surface area contributed by atoms with Gasteiger partial charge in [0.1, 0.15) is 0 Å². The Morgan fingerprint density at radius 3 is 2.58 bits per heavy atom. The summed E-state index contributed by atoms with van der Waals surface area (Å²) in [7, 11) is 0. The fourth-order valence-electron chi connectivity index (χ4n) is 1.46. The monoisotopic (exact) mass is 298 g/mol. The van der Waals surface area contributed by atoms with Crippen LogP contribution >= 0.6 is 23.4 Å². The van der Waals surface area contributed by atoms with Gasteiger partial charge in [-0.15, -0.1) is 11.8 Å². The Labute approximate surface area is 118 Å². The molecule has 0 aliphatic heterocycles. The van der Waals surface area contributed by atoms with Gasteiger partial charge in [0.05, 0.1) is 5.75 Å². The lowest BCUT2D eigenvalue weighted by Crippen LogP contribution is -2.03. The van der Waals surface area contributed by atoms with E-state index in [1.807, 2.05) is 6.07 Å². The summed E-state index contributed by atoms with van der Waals surface area (Å²) < 4.78 is 25.8. The lowest BCUT2D eigenvalue weighted by Gasteiger charge is -2.03. The molecule has 0 saturated carbocycles. The average Bonchev–Trinajstić information content (AvgIpc) is 2.39. The lowest BCUT2D eigenvalue weighted by molar-refractivity contribution is 0.102. The smallest absolute Gasteiger partial charge is 0.173 e. The van der Waals surface area contributed by atoms with Crippen LogP contribution in [0.25, 0.3) is 0 Å². The number of halogens is 3. The zero-order valence-electron chi connectivity index (χ0n) is 9.70. The second kappa shape index (κ2) is 6.17. The van der Waals surface area contributed by atoms with Crippen molar-refractivity contribution in [3.05, 3.63) is 64.7 Å². The van der Waals surface area contributed by atoms with Gasteiger partial charge in [0.15, 0.2) is 17.4 Å². The number of rotatable bonds is 4. The minimum Gasteiger partial charge on any atom is -0.293 e. The molecule has 0 unspecified atom stereocenters. The molecule has 2 aromatic rings. The highest BCUT2D eigenvalue weighted by molar-refractivity contribution is 8.00. The van der Waals surface area contributed by atoms with E-state index < -0.39 is 11.6 Å². The standard InChI is InChI=1S/C14H9ClF2OS/c15-10-2-1-3-11(7-10)19-8-14(18)9-4-5-12(16)13(17)6-9/h1-7H,8H2. The Morgan fingerprint density at radius 1 is 1.11 bits per heavy atom. The van der Waals surface area contributed by atoms with Crippen LogP contribution in [0.3, 0.4) is 0 Å². The molecule has 0 spiro atoms. The summed E-state index contributed by atoms with van der Waals surface area (Å²) in [5.74, 6) is -2.09. The van der Waals surface area contributed by atoms with E-state index in [1.54, 1.807) is 18.2 Å². The van der Waals surface area contributed by atoms with E-state index in [1.165, 1.54) is 17.8 Å². The van der Waals surface area contributed by atoms with Crippen LogP contribution in [0.15, 0.2) is 47.4 Å². The molecule has 0 atom stereocenters. The summed E-state index contributed by atoms with van der Waals surface area (Å²) in [4.78, 5) is 12.7. The van der Waals surface area contributed by atoms with Gasteiger partial charge in [-0.25, -0.2) is 8.78 Å². The van der Waals surface area contributed by atoms with E-state index in [0.29, 0.717) is 5.02 Å². The van der Waals surface area contributed by atoms with Crippen molar-refractivity contribution < 1.29 is 13.6 Å². The topological polar surface area (TPSA) is 17.1 Å². The van der Waals surface area contributed by atoms with E-state index >= 15 is 0 Å². The van der Waals surface area contributed by atoms with Gasteiger partial charge < -0.3 is 0 Å². The first-order valence-corrected chi connectivity index (χ1v) is 6.79. The first-order chi connectivity index (χ1) is 9.06. The average molecular weight is 299 g/mol. The highest BCUT2D eigenvalue weighted by Crippen LogP contribution is 2.22. The number of hydrogen-bond acceptors (Lipinski definition) is 2. The van der Waals surface area contributed by atoms with Crippen LogP contribution < -0.4 is 0 Å². The van der Waals surface area contributed by atoms with Crippen molar-refractivity contribution in [1.29, 1.82) is 0 Å². The molecule has 0 bridgehead atoms.